The topological polar surface area (TPSA) is 60.8 Å². The number of carbonyl (C=O) groups is 1. The maximum Gasteiger partial charge on any atom is 0.255 e. The van der Waals surface area contributed by atoms with Crippen LogP contribution in [0.3, 0.4) is 0 Å². The average Bonchev–Trinajstić information content (AvgIpc) is 2.67. The van der Waals surface area contributed by atoms with E-state index in [4.69, 9.17) is 0 Å². The van der Waals surface area contributed by atoms with Gasteiger partial charge in [0.05, 0.1) is 18.8 Å². The quantitative estimate of drug-likeness (QED) is 0.776. The summed E-state index contributed by atoms with van der Waals surface area (Å²) in [6.45, 7) is 1.63. The van der Waals surface area contributed by atoms with Crippen LogP contribution >= 0.6 is 0 Å². The molecule has 86 valence electrons. The second kappa shape index (κ2) is 3.88. The van der Waals surface area contributed by atoms with Crippen molar-refractivity contribution in [2.45, 2.75) is 19.0 Å². The number of aliphatic hydroxyl groups excluding tert-OH is 2. The number of hydrogen-bond donors (Lipinski definition) is 2. The Morgan fingerprint density at radius 2 is 1.94 bits per heavy atom. The zero-order chi connectivity index (χ0) is 11.8. The Morgan fingerprint density at radius 1 is 1.31 bits per heavy atom. The molecule has 0 bridgehead atoms. The van der Waals surface area contributed by atoms with Gasteiger partial charge in [-0.15, -0.1) is 0 Å². The lowest BCUT2D eigenvalue weighted by molar-refractivity contribution is 0.00485. The van der Waals surface area contributed by atoms with Crippen molar-refractivity contribution in [3.63, 3.8) is 0 Å². The molecule has 1 aliphatic rings. The number of hydrogen-bond acceptors (Lipinski definition) is 3. The summed E-state index contributed by atoms with van der Waals surface area (Å²) >= 11 is 0. The molecule has 0 saturated heterocycles. The summed E-state index contributed by atoms with van der Waals surface area (Å²) in [4.78, 5) is 13.6. The SMILES string of the molecule is CC(CO)(CO)N1Cc2ccccc2C1=O. The normalized spacial score (nSPS) is 15.4. The summed E-state index contributed by atoms with van der Waals surface area (Å²) in [5.41, 5.74) is 0.715. The van der Waals surface area contributed by atoms with Crippen LogP contribution in [0.5, 0.6) is 0 Å². The van der Waals surface area contributed by atoms with Crippen molar-refractivity contribution in [1.29, 1.82) is 0 Å². The molecule has 1 aromatic carbocycles. The predicted molar refractivity (Wildman–Crippen MR) is 58.9 cm³/mol. The van der Waals surface area contributed by atoms with Crippen molar-refractivity contribution in [1.82, 2.24) is 4.90 Å². The van der Waals surface area contributed by atoms with Crippen LogP contribution < -0.4 is 0 Å². The van der Waals surface area contributed by atoms with E-state index in [1.807, 2.05) is 18.2 Å². The van der Waals surface area contributed by atoms with E-state index in [1.54, 1.807) is 13.0 Å². The van der Waals surface area contributed by atoms with Gasteiger partial charge in [0.1, 0.15) is 0 Å². The van der Waals surface area contributed by atoms with Crippen LogP contribution in [0.15, 0.2) is 24.3 Å². The van der Waals surface area contributed by atoms with Gasteiger partial charge in [-0.05, 0) is 18.6 Å². The third-order valence-corrected chi connectivity index (χ3v) is 3.15. The standard InChI is InChI=1S/C12H15NO3/c1-12(7-14,8-15)13-6-9-4-2-3-5-10(9)11(13)16/h2-5,14-15H,6-8H2,1H3. The minimum Gasteiger partial charge on any atom is -0.394 e. The van der Waals surface area contributed by atoms with Crippen LogP contribution in [-0.4, -0.2) is 39.8 Å². The third kappa shape index (κ3) is 1.50. The minimum absolute atomic E-state index is 0.124. The van der Waals surface area contributed by atoms with Gasteiger partial charge in [-0.25, -0.2) is 0 Å². The number of carbonyl (C=O) groups excluding carboxylic acids is 1. The number of fused-ring (bicyclic) bond motifs is 1. The zero-order valence-electron chi connectivity index (χ0n) is 9.18. The summed E-state index contributed by atoms with van der Waals surface area (Å²) in [5, 5.41) is 18.6. The fraction of sp³-hybridized carbons (Fsp3) is 0.417. The van der Waals surface area contributed by atoms with Crippen LogP contribution in [0.2, 0.25) is 0 Å². The van der Waals surface area contributed by atoms with Gasteiger partial charge >= 0.3 is 0 Å². The molecule has 1 aromatic rings. The summed E-state index contributed by atoms with van der Waals surface area (Å²) < 4.78 is 0. The molecule has 0 atom stereocenters. The molecule has 1 amide bonds. The Labute approximate surface area is 94.1 Å². The van der Waals surface area contributed by atoms with E-state index in [0.29, 0.717) is 12.1 Å². The molecule has 0 radical (unpaired) electrons. The van der Waals surface area contributed by atoms with Gasteiger partial charge in [0.25, 0.3) is 5.91 Å². The van der Waals surface area contributed by atoms with Crippen molar-refractivity contribution < 1.29 is 15.0 Å². The van der Waals surface area contributed by atoms with E-state index in [2.05, 4.69) is 0 Å². The van der Waals surface area contributed by atoms with Crippen molar-refractivity contribution in [3.8, 4) is 0 Å². The molecule has 0 fully saturated rings. The number of rotatable bonds is 3. The highest BCUT2D eigenvalue weighted by Crippen LogP contribution is 2.28. The Morgan fingerprint density at radius 3 is 2.50 bits per heavy atom. The molecule has 2 N–H and O–H groups in total. The Bertz CT molecular complexity index is 412. The van der Waals surface area contributed by atoms with Crippen LogP contribution in [0.1, 0.15) is 22.8 Å². The molecule has 16 heavy (non-hydrogen) atoms. The third-order valence-electron chi connectivity index (χ3n) is 3.15. The van der Waals surface area contributed by atoms with Crippen LogP contribution in [0, 0.1) is 0 Å². The molecule has 1 aliphatic heterocycles. The lowest BCUT2D eigenvalue weighted by Crippen LogP contribution is -2.52. The monoisotopic (exact) mass is 221 g/mol. The predicted octanol–water partition coefficient (Wildman–Crippen LogP) is 0.386. The first-order valence-electron chi connectivity index (χ1n) is 5.24. The molecule has 2 rings (SSSR count). The van der Waals surface area contributed by atoms with E-state index < -0.39 is 5.54 Å². The lowest BCUT2D eigenvalue weighted by atomic mass is 10.0. The first-order chi connectivity index (χ1) is 7.62. The molecule has 0 aromatic heterocycles. The van der Waals surface area contributed by atoms with Gasteiger partial charge in [-0.2, -0.15) is 0 Å². The van der Waals surface area contributed by atoms with E-state index in [0.717, 1.165) is 5.56 Å². The van der Waals surface area contributed by atoms with Gasteiger partial charge in [0.15, 0.2) is 0 Å². The molecule has 4 heteroatoms. The second-order valence-corrected chi connectivity index (χ2v) is 4.36. The molecule has 1 heterocycles. The maximum atomic E-state index is 12.1. The smallest absolute Gasteiger partial charge is 0.255 e. The molecule has 4 nitrogen and oxygen atoms in total. The largest absolute Gasteiger partial charge is 0.394 e. The van der Waals surface area contributed by atoms with Crippen molar-refractivity contribution in [2.24, 2.45) is 0 Å². The second-order valence-electron chi connectivity index (χ2n) is 4.36. The number of aliphatic hydroxyl groups is 2. The molecule has 0 spiro atoms. The molecular formula is C12H15NO3. The van der Waals surface area contributed by atoms with Gasteiger partial charge < -0.3 is 15.1 Å². The minimum atomic E-state index is -0.893. The van der Waals surface area contributed by atoms with Crippen LogP contribution in [-0.2, 0) is 6.54 Å². The van der Waals surface area contributed by atoms with Gasteiger partial charge in [-0.1, -0.05) is 18.2 Å². The van der Waals surface area contributed by atoms with Crippen molar-refractivity contribution >= 4 is 5.91 Å². The fourth-order valence-corrected chi connectivity index (χ4v) is 1.91. The number of amides is 1. The van der Waals surface area contributed by atoms with Gasteiger partial charge in [0, 0.05) is 12.1 Å². The maximum absolute atomic E-state index is 12.1. The summed E-state index contributed by atoms with van der Waals surface area (Å²) in [5.74, 6) is -0.124. The fourth-order valence-electron chi connectivity index (χ4n) is 1.91. The van der Waals surface area contributed by atoms with Gasteiger partial charge in [-0.3, -0.25) is 4.79 Å². The highest BCUT2D eigenvalue weighted by molar-refractivity contribution is 5.98. The van der Waals surface area contributed by atoms with Crippen molar-refractivity contribution in [3.05, 3.63) is 35.4 Å². The molecule has 0 unspecified atom stereocenters. The molecular weight excluding hydrogens is 206 g/mol. The van der Waals surface area contributed by atoms with Gasteiger partial charge in [0.2, 0.25) is 0 Å². The first kappa shape index (κ1) is 11.1. The zero-order valence-corrected chi connectivity index (χ0v) is 9.18. The van der Waals surface area contributed by atoms with Crippen LogP contribution in [0.25, 0.3) is 0 Å². The Hall–Kier alpha value is -1.39. The Kier molecular flexibility index (Phi) is 2.69. The molecule has 0 saturated carbocycles. The van der Waals surface area contributed by atoms with E-state index in [-0.39, 0.29) is 19.1 Å². The lowest BCUT2D eigenvalue weighted by Gasteiger charge is -2.35. The molecule has 0 aliphatic carbocycles. The van der Waals surface area contributed by atoms with Crippen molar-refractivity contribution in [2.75, 3.05) is 13.2 Å². The van der Waals surface area contributed by atoms with E-state index in [9.17, 15) is 15.0 Å². The number of benzene rings is 1. The first-order valence-corrected chi connectivity index (χ1v) is 5.24. The average molecular weight is 221 g/mol. The highest BCUT2D eigenvalue weighted by atomic mass is 16.3. The summed E-state index contributed by atoms with van der Waals surface area (Å²) in [6.07, 6.45) is 0. The highest BCUT2D eigenvalue weighted by Gasteiger charge is 2.39. The van der Waals surface area contributed by atoms with E-state index >= 15 is 0 Å². The summed E-state index contributed by atoms with van der Waals surface area (Å²) in [6, 6.07) is 7.36. The van der Waals surface area contributed by atoms with E-state index in [1.165, 1.54) is 4.90 Å². The van der Waals surface area contributed by atoms with Crippen LogP contribution in [0.4, 0.5) is 0 Å². The number of nitrogens with zero attached hydrogens (tertiary/aromatic N) is 1. The Balaban J connectivity index is 2.35. The summed E-state index contributed by atoms with van der Waals surface area (Å²) in [7, 11) is 0.